The number of benzene rings is 1. The van der Waals surface area contributed by atoms with Gasteiger partial charge in [0.15, 0.2) is 11.5 Å². The number of rotatable bonds is 16. The largest absolute Gasteiger partial charge is 0.508 e. The normalized spacial score (nSPS) is 12.6. The fraction of sp³-hybridized carbons (Fsp3) is 0.630. The first kappa shape index (κ1) is 31.9. The Hall–Kier alpha value is -3.14. The fourth-order valence-electron chi connectivity index (χ4n) is 3.15. The minimum atomic E-state index is -1.11. The summed E-state index contributed by atoms with van der Waals surface area (Å²) in [5.41, 5.74) is 0.549. The van der Waals surface area contributed by atoms with Gasteiger partial charge in [0.2, 0.25) is 0 Å². The number of carboxylic acids is 1. The van der Waals surface area contributed by atoms with Gasteiger partial charge in [-0.05, 0) is 62.6 Å². The summed E-state index contributed by atoms with van der Waals surface area (Å²) in [5.74, 6) is -1.22. The Bertz CT molecular complexity index is 898. The third-order valence-corrected chi connectivity index (χ3v) is 5.26. The van der Waals surface area contributed by atoms with Crippen molar-refractivity contribution < 1.29 is 43.2 Å². The summed E-state index contributed by atoms with van der Waals surface area (Å²) in [6.45, 7) is 11.5. The first-order chi connectivity index (χ1) is 17.4. The van der Waals surface area contributed by atoms with E-state index in [2.05, 4.69) is 5.32 Å². The molecule has 0 spiro atoms. The molecule has 1 aromatic carbocycles. The van der Waals surface area contributed by atoms with Gasteiger partial charge in [0, 0.05) is 19.4 Å². The van der Waals surface area contributed by atoms with Crippen LogP contribution < -0.4 is 14.8 Å². The number of aliphatic carboxylic acids is 1. The molecule has 0 aliphatic rings. The van der Waals surface area contributed by atoms with Crippen molar-refractivity contribution in [2.45, 2.75) is 85.8 Å². The smallest absolute Gasteiger partial charge is 0.480 e. The molecule has 0 aliphatic carbocycles. The van der Waals surface area contributed by atoms with Crippen molar-refractivity contribution in [2.24, 2.45) is 11.8 Å². The Morgan fingerprint density at radius 3 is 1.97 bits per heavy atom. The third-order valence-electron chi connectivity index (χ3n) is 5.26. The molecule has 2 atom stereocenters. The first-order valence-corrected chi connectivity index (χ1v) is 12.7. The van der Waals surface area contributed by atoms with E-state index in [0.717, 1.165) is 0 Å². The second-order valence-electron chi connectivity index (χ2n) is 9.71. The molecule has 0 saturated heterocycles. The SMILES string of the molecule is CCOC(=O)OC(C)CN[C@@H](Cc1ccc(OC(=O)CCC(C)C)c(OC(=O)CCC(C)C)c1)C(=O)O. The van der Waals surface area contributed by atoms with Crippen molar-refractivity contribution in [1.29, 1.82) is 0 Å². The zero-order chi connectivity index (χ0) is 28.0. The van der Waals surface area contributed by atoms with Crippen molar-refractivity contribution in [3.05, 3.63) is 23.8 Å². The molecular formula is C27H41NO9. The molecule has 0 amide bonds. The van der Waals surface area contributed by atoms with Gasteiger partial charge in [-0.1, -0.05) is 33.8 Å². The van der Waals surface area contributed by atoms with Crippen LogP contribution in [0.2, 0.25) is 0 Å². The van der Waals surface area contributed by atoms with E-state index in [9.17, 15) is 24.3 Å². The van der Waals surface area contributed by atoms with Gasteiger partial charge in [0.05, 0.1) is 6.61 Å². The molecule has 208 valence electrons. The van der Waals surface area contributed by atoms with Crippen LogP contribution in [0.4, 0.5) is 4.79 Å². The molecule has 0 aromatic heterocycles. The second-order valence-corrected chi connectivity index (χ2v) is 9.71. The Kier molecular flexibility index (Phi) is 14.3. The van der Waals surface area contributed by atoms with E-state index < -0.39 is 36.2 Å². The molecule has 1 unspecified atom stereocenters. The van der Waals surface area contributed by atoms with Gasteiger partial charge in [-0.3, -0.25) is 14.4 Å². The Balaban J connectivity index is 2.99. The summed E-state index contributed by atoms with van der Waals surface area (Å²) >= 11 is 0. The number of carboxylic acid groups (broad SMARTS) is 1. The second kappa shape index (κ2) is 16.6. The van der Waals surface area contributed by atoms with Gasteiger partial charge in [-0.15, -0.1) is 0 Å². The van der Waals surface area contributed by atoms with Crippen molar-refractivity contribution >= 4 is 24.1 Å². The lowest BCUT2D eigenvalue weighted by molar-refractivity contribution is -0.139. The van der Waals surface area contributed by atoms with Crippen molar-refractivity contribution in [3.8, 4) is 11.5 Å². The van der Waals surface area contributed by atoms with Crippen LogP contribution in [-0.4, -0.2) is 54.5 Å². The number of esters is 2. The lowest BCUT2D eigenvalue weighted by Gasteiger charge is -2.19. The van der Waals surface area contributed by atoms with Crippen LogP contribution in [0, 0.1) is 11.8 Å². The van der Waals surface area contributed by atoms with Gasteiger partial charge in [-0.2, -0.15) is 0 Å². The van der Waals surface area contributed by atoms with Crippen LogP contribution in [0.25, 0.3) is 0 Å². The van der Waals surface area contributed by atoms with Crippen molar-refractivity contribution in [3.63, 3.8) is 0 Å². The van der Waals surface area contributed by atoms with Crippen LogP contribution in [0.15, 0.2) is 18.2 Å². The number of nitrogens with one attached hydrogen (secondary N) is 1. The molecular weight excluding hydrogens is 482 g/mol. The molecule has 10 heteroatoms. The summed E-state index contributed by atoms with van der Waals surface area (Å²) in [7, 11) is 0. The zero-order valence-corrected chi connectivity index (χ0v) is 22.7. The quantitative estimate of drug-likeness (QED) is 0.235. The van der Waals surface area contributed by atoms with Gasteiger partial charge < -0.3 is 29.4 Å². The molecule has 0 heterocycles. The average molecular weight is 524 g/mol. The summed E-state index contributed by atoms with van der Waals surface area (Å²) in [5, 5.41) is 12.5. The van der Waals surface area contributed by atoms with Crippen LogP contribution in [-0.2, 0) is 30.3 Å². The minimum Gasteiger partial charge on any atom is -0.480 e. The van der Waals surface area contributed by atoms with Crippen LogP contribution >= 0.6 is 0 Å². The lowest BCUT2D eigenvalue weighted by atomic mass is 10.0. The van der Waals surface area contributed by atoms with E-state index in [1.165, 1.54) is 12.1 Å². The fourth-order valence-corrected chi connectivity index (χ4v) is 3.15. The van der Waals surface area contributed by atoms with Crippen LogP contribution in [0.1, 0.15) is 72.8 Å². The zero-order valence-electron chi connectivity index (χ0n) is 22.7. The molecule has 0 fully saturated rings. The Morgan fingerprint density at radius 1 is 0.892 bits per heavy atom. The van der Waals surface area contributed by atoms with Crippen molar-refractivity contribution in [1.82, 2.24) is 5.32 Å². The van der Waals surface area contributed by atoms with Gasteiger partial charge in [0.25, 0.3) is 0 Å². The van der Waals surface area contributed by atoms with Gasteiger partial charge >= 0.3 is 24.1 Å². The Morgan fingerprint density at radius 2 is 1.46 bits per heavy atom. The monoisotopic (exact) mass is 523 g/mol. The van der Waals surface area contributed by atoms with Crippen molar-refractivity contribution in [2.75, 3.05) is 13.2 Å². The predicted octanol–water partition coefficient (Wildman–Crippen LogP) is 4.52. The average Bonchev–Trinajstić information content (AvgIpc) is 2.80. The molecule has 1 aromatic rings. The van der Waals surface area contributed by atoms with E-state index in [4.69, 9.17) is 18.9 Å². The van der Waals surface area contributed by atoms with E-state index >= 15 is 0 Å². The minimum absolute atomic E-state index is 0.0413. The maximum Gasteiger partial charge on any atom is 0.508 e. The Labute approximate surface area is 219 Å². The molecule has 2 N–H and O–H groups in total. The van der Waals surface area contributed by atoms with Crippen LogP contribution in [0.5, 0.6) is 11.5 Å². The molecule has 0 saturated carbocycles. The first-order valence-electron chi connectivity index (χ1n) is 12.7. The molecule has 0 bridgehead atoms. The summed E-state index contributed by atoms with van der Waals surface area (Å²) < 4.78 is 20.7. The molecule has 10 nitrogen and oxygen atoms in total. The highest BCUT2D eigenvalue weighted by molar-refractivity contribution is 5.77. The topological polar surface area (TPSA) is 137 Å². The molecule has 1 rings (SSSR count). The molecule has 37 heavy (non-hydrogen) atoms. The van der Waals surface area contributed by atoms with E-state index in [0.29, 0.717) is 30.2 Å². The number of ether oxygens (including phenoxy) is 4. The lowest BCUT2D eigenvalue weighted by Crippen LogP contribution is -2.42. The van der Waals surface area contributed by atoms with E-state index in [1.807, 2.05) is 27.7 Å². The number of carbonyl (C=O) groups excluding carboxylic acids is 3. The number of hydrogen-bond donors (Lipinski definition) is 2. The third kappa shape index (κ3) is 13.7. The standard InChI is InChI=1S/C27H41NO9/c1-7-34-27(33)35-19(6)16-28-21(26(31)32)14-20-10-11-22(36-24(29)12-8-17(2)3)23(15-20)37-25(30)13-9-18(4)5/h10-11,15,17-19,21,28H,7-9,12-14,16H2,1-6H3,(H,31,32)/t19?,21-/m0/s1. The molecule has 0 radical (unpaired) electrons. The highest BCUT2D eigenvalue weighted by Crippen LogP contribution is 2.30. The van der Waals surface area contributed by atoms with Gasteiger partial charge in [0.1, 0.15) is 12.1 Å². The highest BCUT2D eigenvalue weighted by atomic mass is 16.7. The maximum absolute atomic E-state index is 12.4. The summed E-state index contributed by atoms with van der Waals surface area (Å²) in [4.78, 5) is 48.0. The number of hydrogen-bond acceptors (Lipinski definition) is 9. The number of carbonyl (C=O) groups is 4. The highest BCUT2D eigenvalue weighted by Gasteiger charge is 2.22. The van der Waals surface area contributed by atoms with Gasteiger partial charge in [-0.25, -0.2) is 4.79 Å². The predicted molar refractivity (Wildman–Crippen MR) is 137 cm³/mol. The van der Waals surface area contributed by atoms with E-state index in [1.54, 1.807) is 19.9 Å². The summed E-state index contributed by atoms with van der Waals surface area (Å²) in [6, 6.07) is 3.61. The van der Waals surface area contributed by atoms with E-state index in [-0.39, 0.29) is 43.9 Å². The molecule has 0 aliphatic heterocycles. The summed E-state index contributed by atoms with van der Waals surface area (Å²) in [6.07, 6.45) is 0.304. The maximum atomic E-state index is 12.4. The van der Waals surface area contributed by atoms with Crippen LogP contribution in [0.3, 0.4) is 0 Å².